The molecule has 2 amide bonds. The Kier molecular flexibility index (Phi) is 4.03. The zero-order valence-corrected chi connectivity index (χ0v) is 10.9. The molecule has 1 aromatic heterocycles. The van der Waals surface area contributed by atoms with Gasteiger partial charge in [-0.25, -0.2) is 4.79 Å². The number of urea groups is 1. The number of nitrogens with zero attached hydrogens (tertiary/aromatic N) is 3. The van der Waals surface area contributed by atoms with Crippen molar-refractivity contribution in [1.82, 2.24) is 20.0 Å². The van der Waals surface area contributed by atoms with Gasteiger partial charge in [0.2, 0.25) is 0 Å². The van der Waals surface area contributed by atoms with Crippen molar-refractivity contribution >= 4 is 12.0 Å². The van der Waals surface area contributed by atoms with Gasteiger partial charge in [0, 0.05) is 19.8 Å². The minimum absolute atomic E-state index is 0.259. The number of aryl methyl sites for hydroxylation is 1. The number of carbonyl (C=O) groups excluding carboxylic acids is 1. The lowest BCUT2D eigenvalue weighted by atomic mass is 10.3. The summed E-state index contributed by atoms with van der Waals surface area (Å²) in [5, 5.41) is 15.7. The van der Waals surface area contributed by atoms with Gasteiger partial charge in [0.05, 0.1) is 12.2 Å². The summed E-state index contributed by atoms with van der Waals surface area (Å²) in [6, 6.07) is 1.46. The Labute approximate surface area is 111 Å². The van der Waals surface area contributed by atoms with E-state index in [0.717, 1.165) is 18.5 Å². The number of hydrogen-bond acceptors (Lipinski definition) is 3. The highest BCUT2D eigenvalue weighted by Crippen LogP contribution is 2.29. The van der Waals surface area contributed by atoms with Gasteiger partial charge in [0.25, 0.3) is 0 Å². The summed E-state index contributed by atoms with van der Waals surface area (Å²) in [4.78, 5) is 24.0. The zero-order valence-electron chi connectivity index (χ0n) is 10.9. The van der Waals surface area contributed by atoms with Crippen molar-refractivity contribution in [2.75, 3.05) is 13.1 Å². The third-order valence-electron chi connectivity index (χ3n) is 2.98. The average Bonchev–Trinajstić information content (AvgIpc) is 3.06. The van der Waals surface area contributed by atoms with Crippen LogP contribution in [0.4, 0.5) is 4.79 Å². The molecule has 0 radical (unpaired) electrons. The highest BCUT2D eigenvalue weighted by atomic mass is 16.4. The summed E-state index contributed by atoms with van der Waals surface area (Å²) in [5.74, 6) is -0.534. The molecule has 0 saturated heterocycles. The third kappa shape index (κ3) is 4.27. The van der Waals surface area contributed by atoms with Crippen LogP contribution in [0.3, 0.4) is 0 Å². The van der Waals surface area contributed by atoms with E-state index in [2.05, 4.69) is 10.4 Å². The van der Waals surface area contributed by atoms with Gasteiger partial charge in [-0.05, 0) is 24.8 Å². The first-order valence-corrected chi connectivity index (χ1v) is 6.27. The van der Waals surface area contributed by atoms with Crippen LogP contribution >= 0.6 is 0 Å². The molecule has 104 valence electrons. The van der Waals surface area contributed by atoms with Crippen molar-refractivity contribution in [2.24, 2.45) is 13.0 Å². The number of aliphatic carboxylic acids is 1. The van der Waals surface area contributed by atoms with Crippen molar-refractivity contribution in [3.8, 4) is 0 Å². The van der Waals surface area contributed by atoms with E-state index in [0.29, 0.717) is 19.0 Å². The maximum absolute atomic E-state index is 11.9. The van der Waals surface area contributed by atoms with Gasteiger partial charge in [-0.15, -0.1) is 0 Å². The van der Waals surface area contributed by atoms with Crippen LogP contribution in [0.5, 0.6) is 0 Å². The standard InChI is InChI=1S/C12H18N4O3/c1-15-5-4-10(14-15)6-13-12(19)16(8-11(17)18)7-9-2-3-9/h4-5,9H,2-3,6-8H2,1H3,(H,13,19)(H,17,18). The summed E-state index contributed by atoms with van der Waals surface area (Å²) < 4.78 is 1.65. The summed E-state index contributed by atoms with van der Waals surface area (Å²) >= 11 is 0. The molecule has 2 rings (SSSR count). The summed E-state index contributed by atoms with van der Waals surface area (Å²) in [6.45, 7) is 0.561. The predicted octanol–water partition coefficient (Wildman–Crippen LogP) is 0.426. The van der Waals surface area contributed by atoms with Gasteiger partial charge in [-0.1, -0.05) is 0 Å². The second kappa shape index (κ2) is 5.73. The number of carbonyl (C=O) groups is 2. The van der Waals surface area contributed by atoms with Crippen molar-refractivity contribution in [1.29, 1.82) is 0 Å². The largest absolute Gasteiger partial charge is 0.480 e. The van der Waals surface area contributed by atoms with E-state index < -0.39 is 5.97 Å². The van der Waals surface area contributed by atoms with Crippen LogP contribution in [0.1, 0.15) is 18.5 Å². The minimum atomic E-state index is -0.992. The second-order valence-electron chi connectivity index (χ2n) is 4.86. The molecule has 2 N–H and O–H groups in total. The first-order valence-electron chi connectivity index (χ1n) is 6.27. The van der Waals surface area contributed by atoms with Crippen molar-refractivity contribution < 1.29 is 14.7 Å². The first kappa shape index (κ1) is 13.4. The third-order valence-corrected chi connectivity index (χ3v) is 2.98. The number of nitrogens with one attached hydrogen (secondary N) is 1. The molecule has 1 aliphatic carbocycles. The highest BCUT2D eigenvalue weighted by molar-refractivity contribution is 5.80. The Balaban J connectivity index is 1.85. The Morgan fingerprint density at radius 1 is 1.58 bits per heavy atom. The average molecular weight is 266 g/mol. The molecule has 1 fully saturated rings. The topological polar surface area (TPSA) is 87.5 Å². The molecule has 0 spiro atoms. The van der Waals surface area contributed by atoms with Gasteiger partial charge in [-0.3, -0.25) is 9.48 Å². The second-order valence-corrected chi connectivity index (χ2v) is 4.86. The molecule has 1 aliphatic rings. The van der Waals surface area contributed by atoms with Gasteiger partial charge in [0.15, 0.2) is 0 Å². The van der Waals surface area contributed by atoms with E-state index in [9.17, 15) is 9.59 Å². The number of rotatable bonds is 6. The van der Waals surface area contributed by atoms with Crippen LogP contribution in [0, 0.1) is 5.92 Å². The van der Waals surface area contributed by atoms with Crippen LogP contribution in [0.15, 0.2) is 12.3 Å². The molecule has 1 heterocycles. The molecule has 0 aromatic carbocycles. The maximum Gasteiger partial charge on any atom is 0.323 e. The van der Waals surface area contributed by atoms with Gasteiger partial charge in [-0.2, -0.15) is 5.10 Å². The lowest BCUT2D eigenvalue weighted by Crippen LogP contribution is -2.43. The van der Waals surface area contributed by atoms with Gasteiger partial charge >= 0.3 is 12.0 Å². The molecule has 0 unspecified atom stereocenters. The maximum atomic E-state index is 11.9. The Bertz CT molecular complexity index is 467. The molecule has 1 aromatic rings. The molecular weight excluding hydrogens is 248 g/mol. The Morgan fingerprint density at radius 2 is 2.32 bits per heavy atom. The molecule has 1 saturated carbocycles. The fourth-order valence-corrected chi connectivity index (χ4v) is 1.83. The number of carboxylic acid groups (broad SMARTS) is 1. The number of carboxylic acids is 1. The van der Waals surface area contributed by atoms with E-state index >= 15 is 0 Å². The van der Waals surface area contributed by atoms with Crippen LogP contribution < -0.4 is 5.32 Å². The number of aromatic nitrogens is 2. The van der Waals surface area contributed by atoms with Crippen LogP contribution in [-0.4, -0.2) is 44.9 Å². The fourth-order valence-electron chi connectivity index (χ4n) is 1.83. The van der Waals surface area contributed by atoms with Crippen molar-refractivity contribution in [3.63, 3.8) is 0 Å². The normalized spacial score (nSPS) is 14.2. The van der Waals surface area contributed by atoms with Gasteiger partial charge in [0.1, 0.15) is 6.54 Å². The van der Waals surface area contributed by atoms with Crippen LogP contribution in [-0.2, 0) is 18.4 Å². The molecule has 0 bridgehead atoms. The van der Waals surface area contributed by atoms with Crippen LogP contribution in [0.25, 0.3) is 0 Å². The van der Waals surface area contributed by atoms with Crippen molar-refractivity contribution in [2.45, 2.75) is 19.4 Å². The summed E-state index contributed by atoms with van der Waals surface area (Å²) in [5.41, 5.74) is 0.748. The van der Waals surface area contributed by atoms with E-state index in [1.54, 1.807) is 17.9 Å². The summed E-state index contributed by atoms with van der Waals surface area (Å²) in [7, 11) is 1.80. The quantitative estimate of drug-likeness (QED) is 0.781. The van der Waals surface area contributed by atoms with Crippen LogP contribution in [0.2, 0.25) is 0 Å². The zero-order chi connectivity index (χ0) is 13.8. The molecule has 19 heavy (non-hydrogen) atoms. The van der Waals surface area contributed by atoms with E-state index in [-0.39, 0.29) is 12.6 Å². The van der Waals surface area contributed by atoms with E-state index in [1.807, 2.05) is 6.07 Å². The Morgan fingerprint density at radius 3 is 2.84 bits per heavy atom. The molecule has 7 nitrogen and oxygen atoms in total. The Hall–Kier alpha value is -2.05. The first-order chi connectivity index (χ1) is 9.04. The molecule has 0 aliphatic heterocycles. The van der Waals surface area contributed by atoms with Crippen molar-refractivity contribution in [3.05, 3.63) is 18.0 Å². The van der Waals surface area contributed by atoms with E-state index in [4.69, 9.17) is 5.11 Å². The monoisotopic (exact) mass is 266 g/mol. The van der Waals surface area contributed by atoms with Gasteiger partial charge < -0.3 is 15.3 Å². The molecular formula is C12H18N4O3. The molecule has 0 atom stereocenters. The SMILES string of the molecule is Cn1ccc(CNC(=O)N(CC(=O)O)CC2CC2)n1. The summed E-state index contributed by atoms with van der Waals surface area (Å²) in [6.07, 6.45) is 3.94. The predicted molar refractivity (Wildman–Crippen MR) is 67.4 cm³/mol. The fraction of sp³-hybridized carbons (Fsp3) is 0.583. The number of amides is 2. The lowest BCUT2D eigenvalue weighted by Gasteiger charge is -2.20. The smallest absolute Gasteiger partial charge is 0.323 e. The minimum Gasteiger partial charge on any atom is -0.480 e. The highest BCUT2D eigenvalue weighted by Gasteiger charge is 2.27. The molecule has 7 heteroatoms. The lowest BCUT2D eigenvalue weighted by molar-refractivity contribution is -0.137. The van der Waals surface area contributed by atoms with E-state index in [1.165, 1.54) is 4.90 Å². The number of hydrogen-bond donors (Lipinski definition) is 2.